The Labute approximate surface area is 103 Å². The molecule has 1 aliphatic carbocycles. The molecule has 0 amide bonds. The minimum atomic E-state index is 0.140. The van der Waals surface area contributed by atoms with E-state index in [1.54, 1.807) is 0 Å². The van der Waals surface area contributed by atoms with E-state index < -0.39 is 0 Å². The van der Waals surface area contributed by atoms with Crippen LogP contribution in [0.2, 0.25) is 0 Å². The van der Waals surface area contributed by atoms with Crippen LogP contribution in [0.15, 0.2) is 12.3 Å². The van der Waals surface area contributed by atoms with Gasteiger partial charge in [0.1, 0.15) is 5.75 Å². The summed E-state index contributed by atoms with van der Waals surface area (Å²) in [5.41, 5.74) is 1.16. The molecule has 3 heteroatoms. The largest absolute Gasteiger partial charge is 0.490 e. The highest BCUT2D eigenvalue weighted by Crippen LogP contribution is 2.34. The van der Waals surface area contributed by atoms with E-state index in [1.165, 1.54) is 12.8 Å². The van der Waals surface area contributed by atoms with Gasteiger partial charge in [-0.2, -0.15) is 0 Å². The van der Waals surface area contributed by atoms with Gasteiger partial charge in [-0.3, -0.25) is 0 Å². The first-order valence-electron chi connectivity index (χ1n) is 6.39. The van der Waals surface area contributed by atoms with Crippen LogP contribution in [0.1, 0.15) is 52.0 Å². The van der Waals surface area contributed by atoms with Gasteiger partial charge in [-0.05, 0) is 32.6 Å². The molecule has 0 saturated heterocycles. The molecule has 3 nitrogen and oxygen atoms in total. The number of hydrogen-bond donors (Lipinski definition) is 0. The number of hydrogen-bond acceptors (Lipinski definition) is 3. The molecule has 0 atom stereocenters. The first-order valence-corrected chi connectivity index (χ1v) is 6.39. The molecule has 0 aromatic carbocycles. The maximum Gasteiger partial charge on any atom is 0.217 e. The molecule has 0 radical (unpaired) electrons. The molecule has 17 heavy (non-hydrogen) atoms. The molecule has 0 N–H and O–H groups in total. The fourth-order valence-corrected chi connectivity index (χ4v) is 1.64. The molecular weight excluding hydrogens is 214 g/mol. The Bertz CT molecular complexity index is 384. The third kappa shape index (κ3) is 3.35. The van der Waals surface area contributed by atoms with Crippen molar-refractivity contribution in [3.05, 3.63) is 17.8 Å². The molecular formula is C14H21NO2. The van der Waals surface area contributed by atoms with Crippen LogP contribution < -0.4 is 9.47 Å². The zero-order valence-corrected chi connectivity index (χ0v) is 11.1. The second-order valence-electron chi connectivity index (χ2n) is 5.20. The van der Waals surface area contributed by atoms with E-state index in [-0.39, 0.29) is 6.10 Å². The number of nitrogens with zero attached hydrogens (tertiary/aromatic N) is 1. The Balaban J connectivity index is 2.21. The number of aromatic nitrogens is 1. The van der Waals surface area contributed by atoms with E-state index in [9.17, 15) is 0 Å². The Hall–Kier alpha value is -1.25. The zero-order valence-electron chi connectivity index (χ0n) is 11.1. The van der Waals surface area contributed by atoms with Gasteiger partial charge in [-0.1, -0.05) is 13.8 Å². The third-order valence-electron chi connectivity index (χ3n) is 2.67. The summed E-state index contributed by atoms with van der Waals surface area (Å²) in [7, 11) is 0. The Morgan fingerprint density at radius 3 is 2.47 bits per heavy atom. The summed E-state index contributed by atoms with van der Waals surface area (Å²) >= 11 is 0. The number of rotatable bonds is 5. The Kier molecular flexibility index (Phi) is 3.55. The maximum absolute atomic E-state index is 5.92. The van der Waals surface area contributed by atoms with Crippen LogP contribution in [0.3, 0.4) is 0 Å². The van der Waals surface area contributed by atoms with Gasteiger partial charge in [-0.25, -0.2) is 4.98 Å². The molecule has 1 saturated carbocycles. The Morgan fingerprint density at radius 1 is 1.24 bits per heavy atom. The van der Waals surface area contributed by atoms with Crippen LogP contribution in [-0.4, -0.2) is 17.2 Å². The summed E-state index contributed by atoms with van der Waals surface area (Å²) in [6, 6.07) is 1.92. The highest BCUT2D eigenvalue weighted by molar-refractivity contribution is 5.38. The molecule has 0 aliphatic heterocycles. The van der Waals surface area contributed by atoms with Crippen molar-refractivity contribution >= 4 is 0 Å². The maximum atomic E-state index is 5.92. The number of ether oxygens (including phenoxy) is 2. The van der Waals surface area contributed by atoms with E-state index >= 15 is 0 Å². The van der Waals surface area contributed by atoms with Gasteiger partial charge in [0.25, 0.3) is 0 Å². The lowest BCUT2D eigenvalue weighted by molar-refractivity contribution is 0.229. The SMILES string of the molecule is CC(C)Oc1cc(OC2CC2)c(C(C)C)cn1. The van der Waals surface area contributed by atoms with Gasteiger partial charge in [0.15, 0.2) is 0 Å². The lowest BCUT2D eigenvalue weighted by Gasteiger charge is -2.15. The first kappa shape index (κ1) is 12.2. The highest BCUT2D eigenvalue weighted by Gasteiger charge is 2.25. The molecule has 0 unspecified atom stereocenters. The van der Waals surface area contributed by atoms with E-state index in [0.29, 0.717) is 17.9 Å². The van der Waals surface area contributed by atoms with Crippen molar-refractivity contribution in [2.75, 3.05) is 0 Å². The van der Waals surface area contributed by atoms with Gasteiger partial charge in [0.2, 0.25) is 5.88 Å². The molecule has 94 valence electrons. The molecule has 1 aromatic heterocycles. The van der Waals surface area contributed by atoms with Crippen LogP contribution >= 0.6 is 0 Å². The summed E-state index contributed by atoms with van der Waals surface area (Å²) in [5.74, 6) is 2.01. The topological polar surface area (TPSA) is 31.4 Å². The van der Waals surface area contributed by atoms with Gasteiger partial charge in [-0.15, -0.1) is 0 Å². The monoisotopic (exact) mass is 235 g/mol. The summed E-state index contributed by atoms with van der Waals surface area (Å²) in [6.07, 6.45) is 4.75. The van der Waals surface area contributed by atoms with Gasteiger partial charge >= 0.3 is 0 Å². The second-order valence-corrected chi connectivity index (χ2v) is 5.20. The predicted octanol–water partition coefficient (Wildman–Crippen LogP) is 3.53. The predicted molar refractivity (Wildman–Crippen MR) is 67.7 cm³/mol. The molecule has 0 bridgehead atoms. The summed E-state index contributed by atoms with van der Waals surface area (Å²) in [5, 5.41) is 0. The van der Waals surface area contributed by atoms with Crippen LogP contribution in [-0.2, 0) is 0 Å². The van der Waals surface area contributed by atoms with E-state index in [0.717, 1.165) is 11.3 Å². The van der Waals surface area contributed by atoms with Crippen molar-refractivity contribution < 1.29 is 9.47 Å². The van der Waals surface area contributed by atoms with Gasteiger partial charge < -0.3 is 9.47 Å². The average molecular weight is 235 g/mol. The lowest BCUT2D eigenvalue weighted by atomic mass is 10.0. The quantitative estimate of drug-likeness (QED) is 0.782. The fraction of sp³-hybridized carbons (Fsp3) is 0.643. The third-order valence-corrected chi connectivity index (χ3v) is 2.67. The zero-order chi connectivity index (χ0) is 12.4. The van der Waals surface area contributed by atoms with Crippen LogP contribution in [0, 0.1) is 0 Å². The lowest BCUT2D eigenvalue weighted by Crippen LogP contribution is -2.08. The van der Waals surface area contributed by atoms with Crippen LogP contribution in [0.4, 0.5) is 0 Å². The van der Waals surface area contributed by atoms with Gasteiger partial charge in [0.05, 0.1) is 12.2 Å². The summed E-state index contributed by atoms with van der Waals surface area (Å²) in [6.45, 7) is 8.30. The highest BCUT2D eigenvalue weighted by atomic mass is 16.5. The van der Waals surface area contributed by atoms with Crippen molar-refractivity contribution in [2.45, 2.75) is 58.7 Å². The smallest absolute Gasteiger partial charge is 0.217 e. The molecule has 1 aromatic rings. The fourth-order valence-electron chi connectivity index (χ4n) is 1.64. The summed E-state index contributed by atoms with van der Waals surface area (Å²) in [4.78, 5) is 4.33. The molecule has 0 spiro atoms. The van der Waals surface area contributed by atoms with E-state index in [2.05, 4.69) is 18.8 Å². The first-order chi connectivity index (χ1) is 8.06. The van der Waals surface area contributed by atoms with Crippen LogP contribution in [0.5, 0.6) is 11.6 Å². The van der Waals surface area contributed by atoms with Crippen LogP contribution in [0.25, 0.3) is 0 Å². The van der Waals surface area contributed by atoms with E-state index in [4.69, 9.17) is 9.47 Å². The minimum absolute atomic E-state index is 0.140. The molecule has 1 fully saturated rings. The summed E-state index contributed by atoms with van der Waals surface area (Å²) < 4.78 is 11.5. The Morgan fingerprint density at radius 2 is 1.94 bits per heavy atom. The second kappa shape index (κ2) is 4.94. The standard InChI is InChI=1S/C14H21NO2/c1-9(2)12-8-15-14(16-10(3)4)7-13(12)17-11-5-6-11/h7-11H,5-6H2,1-4H3. The van der Waals surface area contributed by atoms with Crippen molar-refractivity contribution in [2.24, 2.45) is 0 Å². The average Bonchev–Trinajstić information content (AvgIpc) is 3.00. The molecule has 1 aliphatic rings. The van der Waals surface area contributed by atoms with Crippen molar-refractivity contribution in [3.63, 3.8) is 0 Å². The van der Waals surface area contributed by atoms with Gasteiger partial charge in [0, 0.05) is 17.8 Å². The van der Waals surface area contributed by atoms with Crippen molar-refractivity contribution in [1.29, 1.82) is 0 Å². The minimum Gasteiger partial charge on any atom is -0.490 e. The van der Waals surface area contributed by atoms with Crippen molar-refractivity contribution in [3.8, 4) is 11.6 Å². The van der Waals surface area contributed by atoms with Crippen molar-refractivity contribution in [1.82, 2.24) is 4.98 Å². The van der Waals surface area contributed by atoms with E-state index in [1.807, 2.05) is 26.1 Å². The molecule has 2 rings (SSSR count). The number of pyridine rings is 1. The molecule has 1 heterocycles. The normalized spacial score (nSPS) is 15.4.